The Bertz CT molecular complexity index is 1060. The molecule has 1 unspecified atom stereocenters. The normalized spacial score (nSPS) is 12.5. The number of carbonyl (C=O) groups is 2. The van der Waals surface area contributed by atoms with Crippen molar-refractivity contribution in [2.24, 2.45) is 0 Å². The van der Waals surface area contributed by atoms with Crippen LogP contribution in [0.4, 0.5) is 26.7 Å². The summed E-state index contributed by atoms with van der Waals surface area (Å²) in [5.74, 6) is -0.0333. The quantitative estimate of drug-likeness (QED) is 0.215. The van der Waals surface area contributed by atoms with Crippen LogP contribution in [0.1, 0.15) is 18.9 Å². The lowest BCUT2D eigenvalue weighted by molar-refractivity contribution is -0.391. The number of amides is 1. The van der Waals surface area contributed by atoms with E-state index in [9.17, 15) is 36.6 Å². The van der Waals surface area contributed by atoms with Gasteiger partial charge in [0, 0.05) is 19.6 Å². The third kappa shape index (κ3) is 10.5. The number of hydrogen-bond donors (Lipinski definition) is 1. The van der Waals surface area contributed by atoms with Crippen LogP contribution in [-0.4, -0.2) is 80.5 Å². The number of halogens is 5. The number of hydrogen-bond acceptors (Lipinski definition) is 7. The molecule has 0 aliphatic rings. The summed E-state index contributed by atoms with van der Waals surface area (Å²) in [5, 5.41) is 9.21. The summed E-state index contributed by atoms with van der Waals surface area (Å²) >= 11 is 0. The molecule has 0 heterocycles. The van der Waals surface area contributed by atoms with E-state index in [1.807, 2.05) is 0 Å². The molecule has 14 heteroatoms. The topological polar surface area (TPSA) is 104 Å². The second kappa shape index (κ2) is 15.2. The van der Waals surface area contributed by atoms with Crippen LogP contribution >= 0.6 is 0 Å². The zero-order valence-electron chi connectivity index (χ0n) is 21.8. The molecule has 0 aliphatic heterocycles. The van der Waals surface area contributed by atoms with Gasteiger partial charge in [-0.2, -0.15) is 22.0 Å². The number of carboxylic acids is 1. The zero-order valence-corrected chi connectivity index (χ0v) is 21.8. The fraction of sp³-hybridized carbons (Fsp3) is 0.462. The van der Waals surface area contributed by atoms with Gasteiger partial charge in [0.15, 0.2) is 6.10 Å². The molecule has 1 N–H and O–H groups in total. The Morgan fingerprint density at radius 1 is 0.900 bits per heavy atom. The smallest absolute Gasteiger partial charge is 0.482 e. The second-order valence-corrected chi connectivity index (χ2v) is 8.23. The Hall–Kier alpha value is -3.65. The molecule has 222 valence electrons. The van der Waals surface area contributed by atoms with Crippen molar-refractivity contribution in [3.8, 4) is 17.2 Å². The van der Waals surface area contributed by atoms with E-state index in [0.717, 1.165) is 4.90 Å². The molecule has 0 fully saturated rings. The Morgan fingerprint density at radius 3 is 2.05 bits per heavy atom. The van der Waals surface area contributed by atoms with E-state index in [2.05, 4.69) is 4.74 Å². The number of alkyl halides is 5. The lowest BCUT2D eigenvalue weighted by Crippen LogP contribution is -2.41. The highest BCUT2D eigenvalue weighted by Crippen LogP contribution is 2.36. The molecule has 40 heavy (non-hydrogen) atoms. The maximum atomic E-state index is 13.0. The number of aliphatic carboxylic acids is 1. The van der Waals surface area contributed by atoms with Gasteiger partial charge in [0.05, 0.1) is 20.3 Å². The highest BCUT2D eigenvalue weighted by atomic mass is 19.4. The zero-order chi connectivity index (χ0) is 29.8. The summed E-state index contributed by atoms with van der Waals surface area (Å²) in [7, 11) is 1.45. The molecule has 2 aromatic carbocycles. The van der Waals surface area contributed by atoms with Crippen LogP contribution in [0.25, 0.3) is 0 Å². The number of nitrogens with zero attached hydrogens (tertiary/aromatic N) is 1. The summed E-state index contributed by atoms with van der Waals surface area (Å²) in [6.45, 7) is 0.519. The molecule has 0 spiro atoms. The maximum Gasteiger partial charge on any atom is 0.482 e. The lowest BCUT2D eigenvalue weighted by Gasteiger charge is -2.23. The number of methoxy groups -OCH3 is 1. The van der Waals surface area contributed by atoms with Gasteiger partial charge in [-0.1, -0.05) is 12.1 Å². The molecule has 1 atom stereocenters. The van der Waals surface area contributed by atoms with Crippen molar-refractivity contribution in [2.75, 3.05) is 40.0 Å². The van der Waals surface area contributed by atoms with Gasteiger partial charge in [-0.15, -0.1) is 0 Å². The van der Waals surface area contributed by atoms with Crippen LogP contribution in [0.5, 0.6) is 17.2 Å². The van der Waals surface area contributed by atoms with Crippen molar-refractivity contribution in [3.05, 3.63) is 54.1 Å². The summed E-state index contributed by atoms with van der Waals surface area (Å²) in [4.78, 5) is 25.0. The minimum absolute atomic E-state index is 0.0761. The van der Waals surface area contributed by atoms with Gasteiger partial charge in [0.25, 0.3) is 0 Å². The highest BCUT2D eigenvalue weighted by molar-refractivity contribution is 5.72. The van der Waals surface area contributed by atoms with E-state index < -0.39 is 37.1 Å². The summed E-state index contributed by atoms with van der Waals surface area (Å²) in [5.41, 5.74) is 0.688. The van der Waals surface area contributed by atoms with Crippen LogP contribution in [0.2, 0.25) is 0 Å². The first-order valence-corrected chi connectivity index (χ1v) is 12.1. The van der Waals surface area contributed by atoms with Crippen molar-refractivity contribution >= 4 is 12.1 Å². The molecule has 0 radical (unpaired) electrons. The lowest BCUT2D eigenvalue weighted by atomic mass is 10.1. The number of carbonyl (C=O) groups excluding carboxylic acids is 1. The number of ether oxygens (including phenoxy) is 5. The third-order valence-corrected chi connectivity index (χ3v) is 5.33. The van der Waals surface area contributed by atoms with Crippen LogP contribution in [0.15, 0.2) is 48.5 Å². The van der Waals surface area contributed by atoms with Gasteiger partial charge in [-0.25, -0.2) is 9.59 Å². The Balaban J connectivity index is 1.97. The van der Waals surface area contributed by atoms with E-state index in [1.165, 1.54) is 19.2 Å². The molecular weight excluding hydrogens is 549 g/mol. The van der Waals surface area contributed by atoms with Gasteiger partial charge >= 0.3 is 24.3 Å². The standard InChI is InChI=1S/C26H30F5NO8/c1-3-37-22(23(33)34)17-18-5-7-20(8-6-18)38-16-14-32(13-4-15-39-26(30,31)25(27,28)29)24(35)40-21-11-9-19(36-2)10-12-21/h5-12,22H,3-4,13-17H2,1-2H3,(H,33,34). The van der Waals surface area contributed by atoms with Crippen molar-refractivity contribution in [3.63, 3.8) is 0 Å². The SMILES string of the molecule is CCOC(Cc1ccc(OCCN(CCCOC(F)(F)C(F)(F)F)C(=O)Oc2ccc(OC)cc2)cc1)C(=O)O. The second-order valence-electron chi connectivity index (χ2n) is 8.23. The summed E-state index contributed by atoms with van der Waals surface area (Å²) < 4.78 is 87.7. The minimum Gasteiger partial charge on any atom is -0.497 e. The molecule has 0 aliphatic carbocycles. The van der Waals surface area contributed by atoms with E-state index in [4.69, 9.17) is 18.9 Å². The Labute approximate surface area is 227 Å². The van der Waals surface area contributed by atoms with Crippen LogP contribution < -0.4 is 14.2 Å². The number of benzene rings is 2. The monoisotopic (exact) mass is 579 g/mol. The average Bonchev–Trinajstić information content (AvgIpc) is 2.90. The van der Waals surface area contributed by atoms with E-state index in [1.54, 1.807) is 43.3 Å². The predicted octanol–water partition coefficient (Wildman–Crippen LogP) is 5.17. The van der Waals surface area contributed by atoms with Gasteiger partial charge in [-0.05, 0) is 55.3 Å². The number of rotatable bonds is 16. The molecule has 9 nitrogen and oxygen atoms in total. The largest absolute Gasteiger partial charge is 0.497 e. The molecular formula is C26H30F5NO8. The molecule has 2 aromatic rings. The van der Waals surface area contributed by atoms with Crippen molar-refractivity contribution in [1.82, 2.24) is 4.90 Å². The maximum absolute atomic E-state index is 13.0. The van der Waals surface area contributed by atoms with Crippen molar-refractivity contribution in [2.45, 2.75) is 38.2 Å². The molecule has 0 aromatic heterocycles. The fourth-order valence-corrected chi connectivity index (χ4v) is 3.27. The molecule has 0 saturated heterocycles. The Kier molecular flexibility index (Phi) is 12.4. The molecule has 1 amide bonds. The molecule has 0 saturated carbocycles. The van der Waals surface area contributed by atoms with E-state index in [0.29, 0.717) is 17.1 Å². The predicted molar refractivity (Wildman–Crippen MR) is 131 cm³/mol. The van der Waals surface area contributed by atoms with Crippen molar-refractivity contribution in [1.29, 1.82) is 0 Å². The first kappa shape index (κ1) is 32.6. The first-order chi connectivity index (χ1) is 18.9. The summed E-state index contributed by atoms with van der Waals surface area (Å²) in [6, 6.07) is 12.5. The van der Waals surface area contributed by atoms with Gasteiger partial charge in [0.1, 0.15) is 23.9 Å². The first-order valence-electron chi connectivity index (χ1n) is 12.1. The Morgan fingerprint density at radius 2 is 1.50 bits per heavy atom. The fourth-order valence-electron chi connectivity index (χ4n) is 3.27. The van der Waals surface area contributed by atoms with Gasteiger partial charge < -0.3 is 33.7 Å². The van der Waals surface area contributed by atoms with Gasteiger partial charge in [-0.3, -0.25) is 0 Å². The highest BCUT2D eigenvalue weighted by Gasteiger charge is 2.59. The van der Waals surface area contributed by atoms with Gasteiger partial charge in [0.2, 0.25) is 0 Å². The van der Waals surface area contributed by atoms with Crippen LogP contribution in [-0.2, 0) is 20.7 Å². The number of carboxylic acid groups (broad SMARTS) is 1. The van der Waals surface area contributed by atoms with E-state index in [-0.39, 0.29) is 44.9 Å². The van der Waals surface area contributed by atoms with Crippen LogP contribution in [0.3, 0.4) is 0 Å². The average molecular weight is 580 g/mol. The van der Waals surface area contributed by atoms with Crippen LogP contribution in [0, 0.1) is 0 Å². The third-order valence-electron chi connectivity index (χ3n) is 5.33. The van der Waals surface area contributed by atoms with E-state index >= 15 is 0 Å². The van der Waals surface area contributed by atoms with Crippen molar-refractivity contribution < 1.29 is 60.3 Å². The molecule has 0 bridgehead atoms. The molecule has 2 rings (SSSR count). The minimum atomic E-state index is -5.86. The summed E-state index contributed by atoms with van der Waals surface area (Å²) in [6.07, 6.45) is -13.3.